The molecule has 166 valence electrons. The van der Waals surface area contributed by atoms with Crippen LogP contribution in [0.15, 0.2) is 77.7 Å². The van der Waals surface area contributed by atoms with Gasteiger partial charge in [0.25, 0.3) is 15.7 Å². The summed E-state index contributed by atoms with van der Waals surface area (Å²) in [5.74, 6) is -0.590. The van der Waals surface area contributed by atoms with E-state index < -0.39 is 20.9 Å². The van der Waals surface area contributed by atoms with Gasteiger partial charge in [-0.25, -0.2) is 13.2 Å². The van der Waals surface area contributed by atoms with Gasteiger partial charge in [0.2, 0.25) is 0 Å². The van der Waals surface area contributed by atoms with Gasteiger partial charge in [-0.3, -0.25) is 14.4 Å². The zero-order chi connectivity index (χ0) is 23.3. The number of para-hydroxylation sites is 1. The largest absolute Gasteiger partial charge is 0.496 e. The van der Waals surface area contributed by atoms with E-state index in [0.717, 1.165) is 4.31 Å². The first kappa shape index (κ1) is 22.8. The van der Waals surface area contributed by atoms with E-state index in [4.69, 9.17) is 9.47 Å². The minimum Gasteiger partial charge on any atom is -0.496 e. The number of non-ortho nitro benzene ring substituents is 1. The highest BCUT2D eigenvalue weighted by Gasteiger charge is 2.27. The third-order valence-corrected chi connectivity index (χ3v) is 6.54. The Morgan fingerprint density at radius 2 is 1.69 bits per heavy atom. The second-order valence-corrected chi connectivity index (χ2v) is 8.57. The first-order chi connectivity index (χ1) is 15.3. The van der Waals surface area contributed by atoms with Gasteiger partial charge in [-0.15, -0.1) is 0 Å². The van der Waals surface area contributed by atoms with Crippen LogP contribution in [0.4, 0.5) is 11.4 Å². The zero-order valence-electron chi connectivity index (χ0n) is 17.3. The molecule has 3 aromatic carbocycles. The van der Waals surface area contributed by atoms with Crippen molar-refractivity contribution in [3.63, 3.8) is 0 Å². The number of carbonyl (C=O) groups excluding carboxylic acids is 1. The van der Waals surface area contributed by atoms with Crippen molar-refractivity contribution in [2.24, 2.45) is 0 Å². The van der Waals surface area contributed by atoms with Crippen LogP contribution in [-0.2, 0) is 21.4 Å². The molecule has 32 heavy (non-hydrogen) atoms. The molecule has 0 saturated heterocycles. The maximum absolute atomic E-state index is 13.2. The molecule has 3 rings (SSSR count). The van der Waals surface area contributed by atoms with Gasteiger partial charge in [-0.1, -0.05) is 30.3 Å². The molecule has 0 aliphatic rings. The monoisotopic (exact) mass is 456 g/mol. The van der Waals surface area contributed by atoms with Crippen molar-refractivity contribution in [3.8, 4) is 5.75 Å². The maximum Gasteiger partial charge on any atom is 0.339 e. The lowest BCUT2D eigenvalue weighted by atomic mass is 10.2. The normalized spacial score (nSPS) is 10.9. The summed E-state index contributed by atoms with van der Waals surface area (Å²) in [7, 11) is -1.29. The van der Waals surface area contributed by atoms with Crippen molar-refractivity contribution in [3.05, 3.63) is 94.0 Å². The third kappa shape index (κ3) is 4.70. The van der Waals surface area contributed by atoms with E-state index >= 15 is 0 Å². The van der Waals surface area contributed by atoms with Gasteiger partial charge in [0.15, 0.2) is 0 Å². The minimum atomic E-state index is -4.06. The van der Waals surface area contributed by atoms with Crippen molar-refractivity contribution < 1.29 is 27.6 Å². The Morgan fingerprint density at radius 3 is 2.34 bits per heavy atom. The number of nitro groups is 1. The second-order valence-electron chi connectivity index (χ2n) is 6.63. The fourth-order valence-electron chi connectivity index (χ4n) is 3.00. The van der Waals surface area contributed by atoms with Gasteiger partial charge in [-0.05, 0) is 30.3 Å². The molecule has 0 radical (unpaired) electrons. The van der Waals surface area contributed by atoms with Crippen molar-refractivity contribution in [2.45, 2.75) is 11.5 Å². The first-order valence-corrected chi connectivity index (χ1v) is 10.8. The Labute approximate surface area is 185 Å². The van der Waals surface area contributed by atoms with E-state index in [0.29, 0.717) is 11.4 Å². The van der Waals surface area contributed by atoms with Crippen LogP contribution in [0.1, 0.15) is 15.9 Å². The number of hydrogen-bond acceptors (Lipinski definition) is 7. The summed E-state index contributed by atoms with van der Waals surface area (Å²) in [5.41, 5.74) is 0.359. The highest BCUT2D eigenvalue weighted by atomic mass is 32.2. The summed E-state index contributed by atoms with van der Waals surface area (Å²) >= 11 is 0. The smallest absolute Gasteiger partial charge is 0.339 e. The number of anilines is 1. The van der Waals surface area contributed by atoms with Gasteiger partial charge in [0.1, 0.15) is 17.3 Å². The Hall–Kier alpha value is -3.92. The molecule has 10 heteroatoms. The Bertz CT molecular complexity index is 1240. The third-order valence-electron chi connectivity index (χ3n) is 4.70. The Morgan fingerprint density at radius 1 is 1.03 bits per heavy atom. The van der Waals surface area contributed by atoms with Crippen LogP contribution in [0, 0.1) is 10.1 Å². The van der Waals surface area contributed by atoms with E-state index in [1.54, 1.807) is 30.3 Å². The number of ether oxygens (including phenoxy) is 2. The Kier molecular flexibility index (Phi) is 6.74. The lowest BCUT2D eigenvalue weighted by Gasteiger charge is -2.21. The van der Waals surface area contributed by atoms with Crippen LogP contribution >= 0.6 is 0 Å². The van der Waals surface area contributed by atoms with E-state index in [1.807, 2.05) is 0 Å². The van der Waals surface area contributed by atoms with Crippen LogP contribution in [-0.4, -0.2) is 33.5 Å². The molecule has 0 spiro atoms. The van der Waals surface area contributed by atoms with E-state index in [9.17, 15) is 23.3 Å². The van der Waals surface area contributed by atoms with Crippen LogP contribution in [0.25, 0.3) is 0 Å². The molecule has 0 bridgehead atoms. The van der Waals surface area contributed by atoms with Gasteiger partial charge < -0.3 is 9.47 Å². The van der Waals surface area contributed by atoms with Crippen molar-refractivity contribution in [2.75, 3.05) is 18.5 Å². The number of methoxy groups -OCH3 is 1. The maximum atomic E-state index is 13.2. The van der Waals surface area contributed by atoms with Gasteiger partial charge in [-0.2, -0.15) is 0 Å². The quantitative estimate of drug-likeness (QED) is 0.288. The van der Waals surface area contributed by atoms with Gasteiger partial charge >= 0.3 is 5.97 Å². The molecule has 0 fully saturated rings. The molecule has 0 aliphatic heterocycles. The molecular formula is C22H20N2O7S. The number of benzene rings is 3. The molecule has 0 amide bonds. The summed E-state index contributed by atoms with van der Waals surface area (Å²) in [6.07, 6.45) is 0. The number of carbonyl (C=O) groups is 1. The predicted octanol–water partition coefficient (Wildman–Crippen LogP) is 3.79. The molecule has 9 nitrogen and oxygen atoms in total. The van der Waals surface area contributed by atoms with Gasteiger partial charge in [0.05, 0.1) is 23.3 Å². The molecule has 0 atom stereocenters. The summed E-state index contributed by atoms with van der Waals surface area (Å²) in [4.78, 5) is 23.0. The molecular weight excluding hydrogens is 436 g/mol. The van der Waals surface area contributed by atoms with Crippen molar-refractivity contribution >= 4 is 27.4 Å². The summed E-state index contributed by atoms with van der Waals surface area (Å²) in [6.45, 7) is -0.341. The number of rotatable bonds is 8. The van der Waals surface area contributed by atoms with E-state index in [2.05, 4.69) is 0 Å². The molecule has 0 heterocycles. The molecule has 0 aromatic heterocycles. The molecule has 0 N–H and O–H groups in total. The molecule has 0 unspecified atom stereocenters. The lowest BCUT2D eigenvalue weighted by Crippen LogP contribution is -2.28. The summed E-state index contributed by atoms with van der Waals surface area (Å²) in [6, 6.07) is 18.0. The average molecular weight is 456 g/mol. The Balaban J connectivity index is 1.88. The fraction of sp³-hybridized carbons (Fsp3) is 0.136. The van der Waals surface area contributed by atoms with Crippen LogP contribution in [0.3, 0.4) is 0 Å². The minimum absolute atomic E-state index is 0.153. The number of hydrogen-bond donors (Lipinski definition) is 0. The summed E-state index contributed by atoms with van der Waals surface area (Å²) in [5, 5.41) is 11.0. The topological polar surface area (TPSA) is 116 Å². The molecule has 0 saturated carbocycles. The standard InChI is InChI=1S/C22H20N2O7S/c1-23(17-8-4-3-5-9-17)32(28,29)21-11-7-6-10-19(21)22(25)31-15-16-14-18(24(26)27)12-13-20(16)30-2/h3-14H,15H2,1-2H3. The van der Waals surface area contributed by atoms with Crippen LogP contribution < -0.4 is 9.04 Å². The average Bonchev–Trinajstić information content (AvgIpc) is 2.82. The highest BCUT2D eigenvalue weighted by Crippen LogP contribution is 2.27. The molecule has 0 aliphatic carbocycles. The zero-order valence-corrected chi connectivity index (χ0v) is 18.1. The fourth-order valence-corrected chi connectivity index (χ4v) is 4.37. The van der Waals surface area contributed by atoms with Crippen LogP contribution in [0.2, 0.25) is 0 Å². The predicted molar refractivity (Wildman–Crippen MR) is 117 cm³/mol. The van der Waals surface area contributed by atoms with Gasteiger partial charge in [0, 0.05) is 24.7 Å². The highest BCUT2D eigenvalue weighted by molar-refractivity contribution is 7.92. The van der Waals surface area contributed by atoms with Crippen LogP contribution in [0.5, 0.6) is 5.75 Å². The van der Waals surface area contributed by atoms with Crippen molar-refractivity contribution in [1.82, 2.24) is 0 Å². The SMILES string of the molecule is COc1ccc([N+](=O)[O-])cc1COC(=O)c1ccccc1S(=O)(=O)N(C)c1ccccc1. The number of esters is 1. The first-order valence-electron chi connectivity index (χ1n) is 9.37. The number of nitro benzene ring substituents is 1. The number of sulfonamides is 1. The lowest BCUT2D eigenvalue weighted by molar-refractivity contribution is -0.385. The number of nitrogens with zero attached hydrogens (tertiary/aromatic N) is 2. The van der Waals surface area contributed by atoms with E-state index in [-0.39, 0.29) is 28.3 Å². The molecule has 3 aromatic rings. The summed E-state index contributed by atoms with van der Waals surface area (Å²) < 4.78 is 37.9. The van der Waals surface area contributed by atoms with Crippen molar-refractivity contribution in [1.29, 1.82) is 0 Å². The second kappa shape index (κ2) is 9.48. The van der Waals surface area contributed by atoms with E-state index in [1.165, 1.54) is 56.6 Å².